The van der Waals surface area contributed by atoms with Crippen LogP contribution in [0.25, 0.3) is 0 Å². The highest BCUT2D eigenvalue weighted by atomic mass is 16.1. The van der Waals surface area contributed by atoms with E-state index in [1.165, 1.54) is 44.2 Å². The molecule has 1 aromatic carbocycles. The SMILES string of the molecule is CC.CC1=NN=C(c2ccc(CC(N)=O)cc2)C2CCCCCCC12. The fraction of sp³-hybridized carbons (Fsp3) is 0.571. The Morgan fingerprint density at radius 3 is 2.20 bits per heavy atom. The van der Waals surface area contributed by atoms with Crippen LogP contribution < -0.4 is 5.73 Å². The molecule has 0 spiro atoms. The summed E-state index contributed by atoms with van der Waals surface area (Å²) in [6.07, 6.45) is 7.93. The lowest BCUT2D eigenvalue weighted by Gasteiger charge is -2.32. The van der Waals surface area contributed by atoms with E-state index in [0.29, 0.717) is 11.8 Å². The maximum atomic E-state index is 11.0. The second-order valence-corrected chi connectivity index (χ2v) is 6.77. The Morgan fingerprint density at radius 2 is 1.60 bits per heavy atom. The van der Waals surface area contributed by atoms with E-state index in [-0.39, 0.29) is 12.3 Å². The zero-order chi connectivity index (χ0) is 18.2. The van der Waals surface area contributed by atoms with Gasteiger partial charge in [0.05, 0.1) is 12.1 Å². The predicted octanol–water partition coefficient (Wildman–Crippen LogP) is 4.51. The van der Waals surface area contributed by atoms with Crippen molar-refractivity contribution in [3.63, 3.8) is 0 Å². The molecular weight excluding hydrogens is 310 g/mol. The van der Waals surface area contributed by atoms with Gasteiger partial charge in [0.15, 0.2) is 0 Å². The van der Waals surface area contributed by atoms with Crippen LogP contribution in [0.1, 0.15) is 70.4 Å². The number of carbonyl (C=O) groups is 1. The van der Waals surface area contributed by atoms with Crippen molar-refractivity contribution in [1.82, 2.24) is 0 Å². The van der Waals surface area contributed by atoms with Crippen molar-refractivity contribution in [2.24, 2.45) is 27.8 Å². The Labute approximate surface area is 151 Å². The third-order valence-corrected chi connectivity index (χ3v) is 5.10. The highest BCUT2D eigenvalue weighted by Gasteiger charge is 2.32. The van der Waals surface area contributed by atoms with Crippen molar-refractivity contribution in [3.05, 3.63) is 35.4 Å². The lowest BCUT2D eigenvalue weighted by Crippen LogP contribution is -2.33. The summed E-state index contributed by atoms with van der Waals surface area (Å²) in [6, 6.07) is 8.07. The van der Waals surface area contributed by atoms with Gasteiger partial charge < -0.3 is 5.73 Å². The van der Waals surface area contributed by atoms with E-state index < -0.39 is 0 Å². The Kier molecular flexibility index (Phi) is 7.35. The van der Waals surface area contributed by atoms with Crippen LogP contribution in [0.3, 0.4) is 0 Å². The zero-order valence-electron chi connectivity index (χ0n) is 15.8. The van der Waals surface area contributed by atoms with Gasteiger partial charge in [0, 0.05) is 17.5 Å². The molecule has 2 unspecified atom stereocenters. The molecule has 3 rings (SSSR count). The second kappa shape index (κ2) is 9.50. The highest BCUT2D eigenvalue weighted by Crippen LogP contribution is 2.34. The van der Waals surface area contributed by atoms with Crippen molar-refractivity contribution in [1.29, 1.82) is 0 Å². The van der Waals surface area contributed by atoms with E-state index in [2.05, 4.69) is 29.3 Å². The van der Waals surface area contributed by atoms with Crippen molar-refractivity contribution in [3.8, 4) is 0 Å². The van der Waals surface area contributed by atoms with Gasteiger partial charge in [-0.1, -0.05) is 63.8 Å². The Balaban J connectivity index is 0.00000109. The fourth-order valence-corrected chi connectivity index (χ4v) is 3.86. The standard InChI is InChI=1S/C19H25N3O.C2H6/c1-13-16-6-4-2-3-5-7-17(16)19(22-21-13)15-10-8-14(9-11-15)12-18(20)23;1-2/h8-11,16-17H,2-7,12H2,1H3,(H2,20,23);1-2H3. The summed E-state index contributed by atoms with van der Waals surface area (Å²) in [5.41, 5.74) is 9.64. The molecule has 2 atom stereocenters. The number of nitrogens with two attached hydrogens (primary N) is 1. The van der Waals surface area contributed by atoms with Crippen LogP contribution in [0.5, 0.6) is 0 Å². The molecule has 0 saturated heterocycles. The lowest BCUT2D eigenvalue weighted by atomic mass is 9.74. The van der Waals surface area contributed by atoms with Gasteiger partial charge in [0.25, 0.3) is 0 Å². The van der Waals surface area contributed by atoms with Gasteiger partial charge in [0.1, 0.15) is 0 Å². The third-order valence-electron chi connectivity index (χ3n) is 5.10. The highest BCUT2D eigenvalue weighted by molar-refractivity contribution is 6.06. The largest absolute Gasteiger partial charge is 0.369 e. The number of nitrogens with zero attached hydrogens (tertiary/aromatic N) is 2. The zero-order valence-corrected chi connectivity index (χ0v) is 15.8. The normalized spacial score (nSPS) is 23.0. The average molecular weight is 341 g/mol. The minimum absolute atomic E-state index is 0.288. The van der Waals surface area contributed by atoms with Gasteiger partial charge in [-0.15, -0.1) is 0 Å². The number of hydrogen-bond acceptors (Lipinski definition) is 3. The van der Waals surface area contributed by atoms with E-state index in [0.717, 1.165) is 16.8 Å². The van der Waals surface area contributed by atoms with Gasteiger partial charge in [-0.05, 0) is 30.9 Å². The van der Waals surface area contributed by atoms with E-state index in [4.69, 9.17) is 5.73 Å². The number of amides is 1. The van der Waals surface area contributed by atoms with Gasteiger partial charge >= 0.3 is 0 Å². The summed E-state index contributed by atoms with van der Waals surface area (Å²) in [5.74, 6) is 0.718. The molecule has 1 aliphatic heterocycles. The molecule has 1 heterocycles. The van der Waals surface area contributed by atoms with Crippen LogP contribution >= 0.6 is 0 Å². The molecule has 2 aliphatic rings. The van der Waals surface area contributed by atoms with E-state index in [1.807, 2.05) is 26.0 Å². The Hall–Kier alpha value is -1.97. The molecule has 4 nitrogen and oxygen atoms in total. The number of fused-ring (bicyclic) bond motifs is 1. The van der Waals surface area contributed by atoms with Crippen LogP contribution in [0.15, 0.2) is 34.5 Å². The summed E-state index contributed by atoms with van der Waals surface area (Å²) in [7, 11) is 0. The second-order valence-electron chi connectivity index (χ2n) is 6.77. The minimum Gasteiger partial charge on any atom is -0.369 e. The number of hydrogen-bond donors (Lipinski definition) is 1. The number of carbonyl (C=O) groups excluding carboxylic acids is 1. The summed E-state index contributed by atoms with van der Waals surface area (Å²) in [6.45, 7) is 6.12. The van der Waals surface area contributed by atoms with Crippen molar-refractivity contribution in [2.75, 3.05) is 0 Å². The minimum atomic E-state index is -0.298. The topological polar surface area (TPSA) is 67.8 Å². The van der Waals surface area contributed by atoms with Crippen molar-refractivity contribution in [2.45, 2.75) is 65.7 Å². The molecule has 4 heteroatoms. The molecule has 136 valence electrons. The van der Waals surface area contributed by atoms with Crippen LogP contribution in [-0.2, 0) is 11.2 Å². The van der Waals surface area contributed by atoms with E-state index >= 15 is 0 Å². The van der Waals surface area contributed by atoms with Gasteiger partial charge in [-0.2, -0.15) is 10.2 Å². The molecule has 0 aromatic heterocycles. The molecule has 1 aromatic rings. The quantitative estimate of drug-likeness (QED) is 0.863. The van der Waals surface area contributed by atoms with Gasteiger partial charge in [0.2, 0.25) is 5.91 Å². The molecule has 2 N–H and O–H groups in total. The van der Waals surface area contributed by atoms with Crippen LogP contribution in [0, 0.1) is 11.8 Å². The number of primary amides is 1. The van der Waals surface area contributed by atoms with Gasteiger partial charge in [-0.3, -0.25) is 4.79 Å². The number of benzene rings is 1. The summed E-state index contributed by atoms with van der Waals surface area (Å²) >= 11 is 0. The lowest BCUT2D eigenvalue weighted by molar-refractivity contribution is -0.117. The first kappa shape index (κ1) is 19.4. The van der Waals surface area contributed by atoms with E-state index in [1.54, 1.807) is 0 Å². The van der Waals surface area contributed by atoms with Crippen LogP contribution in [0.4, 0.5) is 0 Å². The van der Waals surface area contributed by atoms with Crippen LogP contribution in [-0.4, -0.2) is 17.3 Å². The molecule has 0 bridgehead atoms. The first-order valence-corrected chi connectivity index (χ1v) is 9.65. The molecule has 0 radical (unpaired) electrons. The first-order chi connectivity index (χ1) is 12.1. The summed E-state index contributed by atoms with van der Waals surface area (Å²) in [4.78, 5) is 11.0. The molecule has 1 aliphatic carbocycles. The number of rotatable bonds is 3. The van der Waals surface area contributed by atoms with Crippen molar-refractivity contribution < 1.29 is 4.79 Å². The monoisotopic (exact) mass is 341 g/mol. The third kappa shape index (κ3) is 5.00. The maximum absolute atomic E-state index is 11.0. The maximum Gasteiger partial charge on any atom is 0.221 e. The Bertz CT molecular complexity index is 631. The molecule has 25 heavy (non-hydrogen) atoms. The van der Waals surface area contributed by atoms with Crippen molar-refractivity contribution >= 4 is 17.3 Å². The summed E-state index contributed by atoms with van der Waals surface area (Å²) in [5, 5.41) is 8.99. The summed E-state index contributed by atoms with van der Waals surface area (Å²) < 4.78 is 0. The molecule has 1 amide bonds. The smallest absolute Gasteiger partial charge is 0.221 e. The molecular formula is C21H31N3O. The predicted molar refractivity (Wildman–Crippen MR) is 105 cm³/mol. The molecule has 1 saturated carbocycles. The van der Waals surface area contributed by atoms with E-state index in [9.17, 15) is 4.79 Å². The Morgan fingerprint density at radius 1 is 1.00 bits per heavy atom. The van der Waals surface area contributed by atoms with Crippen LogP contribution in [0.2, 0.25) is 0 Å². The fourth-order valence-electron chi connectivity index (χ4n) is 3.86. The average Bonchev–Trinajstić information content (AvgIpc) is 2.58. The first-order valence-electron chi connectivity index (χ1n) is 9.65. The van der Waals surface area contributed by atoms with Gasteiger partial charge in [-0.25, -0.2) is 0 Å². The molecule has 1 fully saturated rings.